The fourth-order valence-corrected chi connectivity index (χ4v) is 5.47. The first kappa shape index (κ1) is 23.2. The Balaban J connectivity index is 1.46. The van der Waals surface area contributed by atoms with Gasteiger partial charge in [0.25, 0.3) is 0 Å². The number of hydrogen-bond acceptors (Lipinski definition) is 4. The normalized spacial score (nSPS) is 15.5. The largest absolute Gasteiger partial charge is 0.392 e. The number of amides is 1. The van der Waals surface area contributed by atoms with Gasteiger partial charge in [-0.25, -0.2) is 9.97 Å². The van der Waals surface area contributed by atoms with Gasteiger partial charge in [-0.15, -0.1) is 0 Å². The molecule has 6 heteroatoms. The second-order valence-electron chi connectivity index (χ2n) is 9.52. The van der Waals surface area contributed by atoms with Crippen molar-refractivity contribution >= 4 is 27.7 Å². The maximum absolute atomic E-state index is 12.9. The highest BCUT2D eigenvalue weighted by atomic mass is 79.9. The summed E-state index contributed by atoms with van der Waals surface area (Å²) in [6.07, 6.45) is 9.05. The van der Waals surface area contributed by atoms with Crippen LogP contribution in [-0.4, -0.2) is 21.0 Å². The highest BCUT2D eigenvalue weighted by Crippen LogP contribution is 2.35. The minimum Gasteiger partial charge on any atom is -0.392 e. The molecule has 2 aliphatic rings. The van der Waals surface area contributed by atoms with E-state index in [4.69, 9.17) is 9.97 Å². The Labute approximate surface area is 209 Å². The number of fused-ring (bicyclic) bond motifs is 3. The predicted octanol–water partition coefficient (Wildman–Crippen LogP) is 5.80. The number of rotatable bonds is 6. The molecule has 176 valence electrons. The summed E-state index contributed by atoms with van der Waals surface area (Å²) in [7, 11) is 0. The number of carbonyl (C=O) groups is 1. The molecule has 1 fully saturated rings. The van der Waals surface area contributed by atoms with Crippen molar-refractivity contribution in [3.63, 3.8) is 0 Å². The molecule has 5 rings (SSSR count). The summed E-state index contributed by atoms with van der Waals surface area (Å²) in [6.45, 7) is 0.0437. The molecule has 3 aromatic rings. The van der Waals surface area contributed by atoms with Crippen LogP contribution < -0.4 is 5.32 Å². The van der Waals surface area contributed by atoms with Gasteiger partial charge in [0.05, 0.1) is 30.1 Å². The molecule has 0 radical (unpaired) electrons. The van der Waals surface area contributed by atoms with Crippen molar-refractivity contribution in [1.82, 2.24) is 9.97 Å². The van der Waals surface area contributed by atoms with Crippen LogP contribution in [0.15, 0.2) is 46.9 Å². The summed E-state index contributed by atoms with van der Waals surface area (Å²) in [6, 6.07) is 13.9. The van der Waals surface area contributed by atoms with Gasteiger partial charge in [-0.3, -0.25) is 4.79 Å². The van der Waals surface area contributed by atoms with Crippen molar-refractivity contribution in [3.05, 3.63) is 75.0 Å². The van der Waals surface area contributed by atoms with Gasteiger partial charge in [0.15, 0.2) is 5.82 Å². The molecular formula is C28H30BrN3O2. The van der Waals surface area contributed by atoms with Crippen molar-refractivity contribution < 1.29 is 9.90 Å². The Bertz CT molecular complexity index is 1190. The van der Waals surface area contributed by atoms with E-state index in [2.05, 4.69) is 33.4 Å². The average Bonchev–Trinajstić information content (AvgIpc) is 2.86. The minimum atomic E-state index is -0.0646. The number of nitrogens with zero attached hydrogens (tertiary/aromatic N) is 2. The second kappa shape index (κ2) is 10.4. The lowest BCUT2D eigenvalue weighted by Crippen LogP contribution is -2.21. The molecule has 0 bridgehead atoms. The zero-order chi connectivity index (χ0) is 23.5. The van der Waals surface area contributed by atoms with E-state index in [9.17, 15) is 9.90 Å². The van der Waals surface area contributed by atoms with Crippen LogP contribution in [0.5, 0.6) is 0 Å². The first-order valence-electron chi connectivity index (χ1n) is 12.3. The summed E-state index contributed by atoms with van der Waals surface area (Å²) >= 11 is 3.45. The Morgan fingerprint density at radius 3 is 2.53 bits per heavy atom. The first-order valence-corrected chi connectivity index (χ1v) is 13.1. The summed E-state index contributed by atoms with van der Waals surface area (Å²) in [5.41, 5.74) is 6.97. The van der Waals surface area contributed by atoms with Crippen LogP contribution in [0, 0.1) is 5.92 Å². The van der Waals surface area contributed by atoms with Gasteiger partial charge in [-0.1, -0.05) is 78.4 Å². The maximum Gasteiger partial charge on any atom is 0.229 e. The molecule has 2 aromatic carbocycles. The molecule has 1 amide bonds. The third-order valence-electron chi connectivity index (χ3n) is 7.02. The van der Waals surface area contributed by atoms with E-state index in [0.29, 0.717) is 18.2 Å². The number of aryl methyl sites for hydroxylation is 2. The van der Waals surface area contributed by atoms with E-state index >= 15 is 0 Å². The summed E-state index contributed by atoms with van der Waals surface area (Å²) < 4.78 is 0.998. The molecular weight excluding hydrogens is 490 g/mol. The molecule has 1 heterocycles. The molecule has 0 saturated heterocycles. The molecule has 0 unspecified atom stereocenters. The second-order valence-corrected chi connectivity index (χ2v) is 10.4. The van der Waals surface area contributed by atoms with E-state index in [-0.39, 0.29) is 12.5 Å². The quantitative estimate of drug-likeness (QED) is 0.431. The number of benzene rings is 2. The number of nitrogens with one attached hydrogen (secondary N) is 1. The summed E-state index contributed by atoms with van der Waals surface area (Å²) in [4.78, 5) is 23.0. The summed E-state index contributed by atoms with van der Waals surface area (Å²) in [5, 5.41) is 12.6. The van der Waals surface area contributed by atoms with E-state index in [1.54, 1.807) is 0 Å². The lowest BCUT2D eigenvalue weighted by Gasteiger charge is -2.25. The lowest BCUT2D eigenvalue weighted by atomic mass is 9.85. The van der Waals surface area contributed by atoms with Crippen molar-refractivity contribution in [2.75, 3.05) is 5.32 Å². The third-order valence-corrected chi connectivity index (χ3v) is 7.55. The Morgan fingerprint density at radius 1 is 1.00 bits per heavy atom. The number of aliphatic hydroxyl groups is 1. The first-order chi connectivity index (χ1) is 16.6. The average molecular weight is 520 g/mol. The SMILES string of the molecule is O=C(Cc1ccc(Br)cc1)Nc1nc2c(nc1CC1CCCCC1)-c1ccc(CO)cc1CC2. The Hall–Kier alpha value is -2.57. The maximum atomic E-state index is 12.9. The van der Waals surface area contributed by atoms with Crippen LogP contribution in [0.2, 0.25) is 0 Å². The number of carbonyl (C=O) groups excluding carboxylic acids is 1. The molecule has 34 heavy (non-hydrogen) atoms. The van der Waals surface area contributed by atoms with Crippen molar-refractivity contribution in [2.45, 2.75) is 64.4 Å². The van der Waals surface area contributed by atoms with Gasteiger partial charge < -0.3 is 10.4 Å². The van der Waals surface area contributed by atoms with Gasteiger partial charge in [-0.05, 0) is 54.0 Å². The fraction of sp³-hybridized carbons (Fsp3) is 0.393. The summed E-state index contributed by atoms with van der Waals surface area (Å²) in [5.74, 6) is 1.15. The van der Waals surface area contributed by atoms with Crippen LogP contribution in [0.25, 0.3) is 11.3 Å². The molecule has 2 aliphatic carbocycles. The Morgan fingerprint density at radius 2 is 1.76 bits per heavy atom. The number of aromatic nitrogens is 2. The molecule has 0 spiro atoms. The van der Waals surface area contributed by atoms with Crippen molar-refractivity contribution in [1.29, 1.82) is 0 Å². The van der Waals surface area contributed by atoms with Gasteiger partial charge in [0.1, 0.15) is 0 Å². The highest BCUT2D eigenvalue weighted by molar-refractivity contribution is 9.10. The van der Waals surface area contributed by atoms with Crippen molar-refractivity contribution in [2.24, 2.45) is 5.92 Å². The Kier molecular flexibility index (Phi) is 7.07. The van der Waals surface area contributed by atoms with Crippen LogP contribution in [0.3, 0.4) is 0 Å². The smallest absolute Gasteiger partial charge is 0.229 e. The zero-order valence-electron chi connectivity index (χ0n) is 19.3. The van der Waals surface area contributed by atoms with Crippen LogP contribution >= 0.6 is 15.9 Å². The minimum absolute atomic E-state index is 0.0437. The molecule has 2 N–H and O–H groups in total. The van der Waals surface area contributed by atoms with Gasteiger partial charge in [-0.2, -0.15) is 0 Å². The molecule has 0 atom stereocenters. The van der Waals surface area contributed by atoms with E-state index in [0.717, 1.165) is 57.5 Å². The van der Waals surface area contributed by atoms with Crippen LogP contribution in [0.4, 0.5) is 5.82 Å². The third kappa shape index (κ3) is 5.23. The van der Waals surface area contributed by atoms with E-state index in [1.807, 2.05) is 30.3 Å². The van der Waals surface area contributed by atoms with E-state index < -0.39 is 0 Å². The molecule has 1 aromatic heterocycles. The monoisotopic (exact) mass is 519 g/mol. The zero-order valence-corrected chi connectivity index (χ0v) is 20.9. The molecule has 5 nitrogen and oxygen atoms in total. The molecule has 0 aliphatic heterocycles. The number of aliphatic hydroxyl groups excluding tert-OH is 1. The van der Waals surface area contributed by atoms with Gasteiger partial charge in [0, 0.05) is 10.0 Å². The highest BCUT2D eigenvalue weighted by Gasteiger charge is 2.25. The van der Waals surface area contributed by atoms with Crippen LogP contribution in [-0.2, 0) is 37.1 Å². The van der Waals surface area contributed by atoms with Crippen LogP contribution in [0.1, 0.15) is 60.2 Å². The van der Waals surface area contributed by atoms with Gasteiger partial charge in [0.2, 0.25) is 5.91 Å². The van der Waals surface area contributed by atoms with E-state index in [1.165, 1.54) is 37.7 Å². The fourth-order valence-electron chi connectivity index (χ4n) is 5.20. The molecule has 1 saturated carbocycles. The lowest BCUT2D eigenvalue weighted by molar-refractivity contribution is -0.115. The topological polar surface area (TPSA) is 75.1 Å². The number of anilines is 1. The standard InChI is InChI=1S/C28H30BrN3O2/c29-22-10-6-19(7-11-22)16-26(34)32-28-25(15-18-4-2-1-3-5-18)30-27-23-12-8-20(17-33)14-21(23)9-13-24(27)31-28/h6-8,10-12,14,18,33H,1-5,9,13,15-17H2,(H,31,32,34). The van der Waals surface area contributed by atoms with Crippen molar-refractivity contribution in [3.8, 4) is 11.3 Å². The number of halogens is 1. The predicted molar refractivity (Wildman–Crippen MR) is 138 cm³/mol. The van der Waals surface area contributed by atoms with Gasteiger partial charge >= 0.3 is 0 Å². The number of hydrogen-bond donors (Lipinski definition) is 2.